The standard InChI is InChI=1S/C16H18FNO4S/c1-21-15-7-6-12(10-16(15)22-2)8-9-18-23(19,20)14-5-3-4-13(17)11-14/h3-7,10-11,18H,8-9H2,1-2H3. The summed E-state index contributed by atoms with van der Waals surface area (Å²) in [6, 6.07) is 10.3. The Morgan fingerprint density at radius 1 is 1.04 bits per heavy atom. The average Bonchev–Trinajstić information content (AvgIpc) is 2.54. The van der Waals surface area contributed by atoms with Crippen LogP contribution in [0.1, 0.15) is 5.56 Å². The van der Waals surface area contributed by atoms with Crippen LogP contribution in [0, 0.1) is 5.82 Å². The predicted octanol–water partition coefficient (Wildman–Crippen LogP) is 2.36. The topological polar surface area (TPSA) is 64.6 Å². The predicted molar refractivity (Wildman–Crippen MR) is 84.8 cm³/mol. The van der Waals surface area contributed by atoms with Crippen LogP contribution in [0.5, 0.6) is 11.5 Å². The Hall–Kier alpha value is -2.12. The molecule has 2 rings (SSSR count). The number of halogens is 1. The van der Waals surface area contributed by atoms with Crippen LogP contribution in [0.25, 0.3) is 0 Å². The number of benzene rings is 2. The third-order valence-electron chi connectivity index (χ3n) is 3.26. The smallest absolute Gasteiger partial charge is 0.240 e. The van der Waals surface area contributed by atoms with Crippen molar-refractivity contribution in [1.82, 2.24) is 4.72 Å². The van der Waals surface area contributed by atoms with Crippen LogP contribution in [0.4, 0.5) is 4.39 Å². The number of ether oxygens (including phenoxy) is 2. The van der Waals surface area contributed by atoms with E-state index in [1.54, 1.807) is 19.2 Å². The van der Waals surface area contributed by atoms with Crippen LogP contribution < -0.4 is 14.2 Å². The van der Waals surface area contributed by atoms with E-state index in [0.29, 0.717) is 17.9 Å². The fraction of sp³-hybridized carbons (Fsp3) is 0.250. The zero-order valence-electron chi connectivity index (χ0n) is 12.9. The maximum Gasteiger partial charge on any atom is 0.240 e. The summed E-state index contributed by atoms with van der Waals surface area (Å²) in [5.74, 6) is 0.599. The molecule has 0 unspecified atom stereocenters. The summed E-state index contributed by atoms with van der Waals surface area (Å²) in [5, 5.41) is 0. The van der Waals surface area contributed by atoms with E-state index in [0.717, 1.165) is 11.6 Å². The number of methoxy groups -OCH3 is 2. The molecule has 2 aromatic rings. The van der Waals surface area contributed by atoms with Crippen molar-refractivity contribution >= 4 is 10.0 Å². The largest absolute Gasteiger partial charge is 0.493 e. The van der Waals surface area contributed by atoms with E-state index in [1.807, 2.05) is 6.07 Å². The monoisotopic (exact) mass is 339 g/mol. The molecule has 0 saturated heterocycles. The summed E-state index contributed by atoms with van der Waals surface area (Å²) in [7, 11) is -0.645. The molecule has 0 atom stereocenters. The number of sulfonamides is 1. The molecule has 7 heteroatoms. The molecule has 0 aromatic heterocycles. The highest BCUT2D eigenvalue weighted by molar-refractivity contribution is 7.89. The molecule has 5 nitrogen and oxygen atoms in total. The summed E-state index contributed by atoms with van der Waals surface area (Å²) in [6.45, 7) is 0.189. The Morgan fingerprint density at radius 2 is 1.78 bits per heavy atom. The van der Waals surface area contributed by atoms with E-state index in [1.165, 1.54) is 25.3 Å². The molecule has 0 saturated carbocycles. The highest BCUT2D eigenvalue weighted by atomic mass is 32.2. The molecule has 0 aliphatic heterocycles. The van der Waals surface area contributed by atoms with Crippen LogP contribution >= 0.6 is 0 Å². The second kappa shape index (κ2) is 7.43. The number of hydrogen-bond donors (Lipinski definition) is 1. The number of hydrogen-bond acceptors (Lipinski definition) is 4. The maximum atomic E-state index is 13.1. The Kier molecular flexibility index (Phi) is 5.57. The van der Waals surface area contributed by atoms with E-state index in [2.05, 4.69) is 4.72 Å². The van der Waals surface area contributed by atoms with Crippen LogP contribution in [-0.4, -0.2) is 29.2 Å². The van der Waals surface area contributed by atoms with Crippen LogP contribution in [-0.2, 0) is 16.4 Å². The van der Waals surface area contributed by atoms with Gasteiger partial charge in [-0.3, -0.25) is 0 Å². The minimum Gasteiger partial charge on any atom is -0.493 e. The molecular formula is C16H18FNO4S. The molecule has 0 amide bonds. The first-order valence-electron chi connectivity index (χ1n) is 6.92. The third-order valence-corrected chi connectivity index (χ3v) is 4.72. The molecule has 0 bridgehead atoms. The Bertz CT molecular complexity index is 777. The highest BCUT2D eigenvalue weighted by Gasteiger charge is 2.14. The fourth-order valence-corrected chi connectivity index (χ4v) is 3.15. The third kappa shape index (κ3) is 4.43. The molecule has 124 valence electrons. The molecule has 0 aliphatic rings. The first-order valence-corrected chi connectivity index (χ1v) is 8.40. The van der Waals surface area contributed by atoms with E-state index in [4.69, 9.17) is 9.47 Å². The molecule has 0 fully saturated rings. The average molecular weight is 339 g/mol. The lowest BCUT2D eigenvalue weighted by Crippen LogP contribution is -2.26. The van der Waals surface area contributed by atoms with Gasteiger partial charge in [-0.25, -0.2) is 17.5 Å². The van der Waals surface area contributed by atoms with Crippen molar-refractivity contribution in [1.29, 1.82) is 0 Å². The van der Waals surface area contributed by atoms with Gasteiger partial charge in [-0.15, -0.1) is 0 Å². The summed E-state index contributed by atoms with van der Waals surface area (Å²) < 4.78 is 50.1. The fourth-order valence-electron chi connectivity index (χ4n) is 2.08. The lowest BCUT2D eigenvalue weighted by Gasteiger charge is -2.10. The Labute approximate surface area is 135 Å². The minimum absolute atomic E-state index is 0.0928. The van der Waals surface area contributed by atoms with E-state index >= 15 is 0 Å². The van der Waals surface area contributed by atoms with Crippen molar-refractivity contribution < 1.29 is 22.3 Å². The first-order chi connectivity index (χ1) is 11.0. The van der Waals surface area contributed by atoms with Gasteiger partial charge in [-0.2, -0.15) is 0 Å². The zero-order valence-corrected chi connectivity index (χ0v) is 13.7. The van der Waals surface area contributed by atoms with E-state index in [9.17, 15) is 12.8 Å². The summed E-state index contributed by atoms with van der Waals surface area (Å²) >= 11 is 0. The number of nitrogens with one attached hydrogen (secondary N) is 1. The highest BCUT2D eigenvalue weighted by Crippen LogP contribution is 2.27. The summed E-state index contributed by atoms with van der Waals surface area (Å²) in [6.07, 6.45) is 0.467. The van der Waals surface area contributed by atoms with Gasteiger partial charge in [-0.05, 0) is 42.3 Å². The molecule has 1 N–H and O–H groups in total. The van der Waals surface area contributed by atoms with Gasteiger partial charge in [0.25, 0.3) is 0 Å². The Morgan fingerprint density at radius 3 is 2.43 bits per heavy atom. The van der Waals surface area contributed by atoms with E-state index < -0.39 is 15.8 Å². The van der Waals surface area contributed by atoms with Gasteiger partial charge < -0.3 is 9.47 Å². The van der Waals surface area contributed by atoms with Crippen LogP contribution in [0.2, 0.25) is 0 Å². The SMILES string of the molecule is COc1ccc(CCNS(=O)(=O)c2cccc(F)c2)cc1OC. The van der Waals surface area contributed by atoms with Gasteiger partial charge >= 0.3 is 0 Å². The van der Waals surface area contributed by atoms with Crippen molar-refractivity contribution in [3.8, 4) is 11.5 Å². The zero-order chi connectivity index (χ0) is 16.9. The first kappa shape index (κ1) is 17.2. The van der Waals surface area contributed by atoms with Gasteiger partial charge in [0.15, 0.2) is 11.5 Å². The summed E-state index contributed by atoms with van der Waals surface area (Å²) in [5.41, 5.74) is 0.893. The molecule has 2 aromatic carbocycles. The van der Waals surface area contributed by atoms with Gasteiger partial charge in [0.2, 0.25) is 10.0 Å². The van der Waals surface area contributed by atoms with Gasteiger partial charge in [-0.1, -0.05) is 12.1 Å². The van der Waals surface area contributed by atoms with Crippen molar-refractivity contribution in [3.63, 3.8) is 0 Å². The van der Waals surface area contributed by atoms with E-state index in [-0.39, 0.29) is 11.4 Å². The van der Waals surface area contributed by atoms with Crippen LogP contribution in [0.15, 0.2) is 47.4 Å². The second-order valence-electron chi connectivity index (χ2n) is 4.79. The molecule has 0 spiro atoms. The summed E-state index contributed by atoms with van der Waals surface area (Å²) in [4.78, 5) is -0.0928. The van der Waals surface area contributed by atoms with Crippen molar-refractivity contribution in [2.75, 3.05) is 20.8 Å². The molecule has 0 radical (unpaired) electrons. The molecular weight excluding hydrogens is 321 g/mol. The maximum absolute atomic E-state index is 13.1. The quantitative estimate of drug-likeness (QED) is 0.841. The second-order valence-corrected chi connectivity index (χ2v) is 6.56. The molecule has 23 heavy (non-hydrogen) atoms. The van der Waals surface area contributed by atoms with Gasteiger partial charge in [0.05, 0.1) is 19.1 Å². The lowest BCUT2D eigenvalue weighted by molar-refractivity contribution is 0.354. The van der Waals surface area contributed by atoms with Crippen molar-refractivity contribution in [2.24, 2.45) is 0 Å². The molecule has 0 aliphatic carbocycles. The number of rotatable bonds is 7. The Balaban J connectivity index is 2.02. The van der Waals surface area contributed by atoms with Crippen molar-refractivity contribution in [3.05, 3.63) is 53.8 Å². The van der Waals surface area contributed by atoms with Crippen molar-refractivity contribution in [2.45, 2.75) is 11.3 Å². The normalized spacial score (nSPS) is 11.3. The van der Waals surface area contributed by atoms with Gasteiger partial charge in [0.1, 0.15) is 5.82 Å². The lowest BCUT2D eigenvalue weighted by atomic mass is 10.1. The van der Waals surface area contributed by atoms with Gasteiger partial charge in [0, 0.05) is 6.54 Å². The minimum atomic E-state index is -3.73. The van der Waals surface area contributed by atoms with Crippen LogP contribution in [0.3, 0.4) is 0 Å². The molecule has 0 heterocycles.